The fraction of sp³-hybridized carbons (Fsp3) is 0.571. The third-order valence-electron chi connectivity index (χ3n) is 3.10. The van der Waals surface area contributed by atoms with Gasteiger partial charge in [-0.3, -0.25) is 0 Å². The lowest BCUT2D eigenvalue weighted by atomic mass is 10.3. The van der Waals surface area contributed by atoms with Gasteiger partial charge in [-0.1, -0.05) is 19.1 Å². The van der Waals surface area contributed by atoms with Crippen molar-refractivity contribution in [2.24, 2.45) is 0 Å². The normalized spacial score (nSPS) is 11.6. The summed E-state index contributed by atoms with van der Waals surface area (Å²) in [5.74, 6) is 0.115. The van der Waals surface area contributed by atoms with Crippen LogP contribution in [0.3, 0.4) is 0 Å². The van der Waals surface area contributed by atoms with Crippen LogP contribution in [0.4, 0.5) is 5.69 Å². The molecule has 20 heavy (non-hydrogen) atoms. The van der Waals surface area contributed by atoms with Gasteiger partial charge in [0.05, 0.1) is 22.9 Å². The van der Waals surface area contributed by atoms with Gasteiger partial charge in [0.15, 0.2) is 9.84 Å². The zero-order valence-corrected chi connectivity index (χ0v) is 13.2. The predicted octanol–water partition coefficient (Wildman–Crippen LogP) is 1.15. The lowest BCUT2D eigenvalue weighted by Crippen LogP contribution is -2.31. The first kappa shape index (κ1) is 16.9. The number of nitrogens with one attached hydrogen (secondary N) is 1. The number of benzene rings is 1. The maximum atomic E-state index is 12.1. The van der Waals surface area contributed by atoms with Gasteiger partial charge in [-0.05, 0) is 12.1 Å². The van der Waals surface area contributed by atoms with Gasteiger partial charge < -0.3 is 15.0 Å². The molecule has 0 saturated heterocycles. The van der Waals surface area contributed by atoms with Gasteiger partial charge in [0.1, 0.15) is 0 Å². The van der Waals surface area contributed by atoms with E-state index in [1.165, 1.54) is 0 Å². The lowest BCUT2D eigenvalue weighted by Gasteiger charge is -2.22. The number of methoxy groups -OCH3 is 1. The number of likely N-dealkylation sites (N-methyl/N-ethyl adjacent to an activating group) is 1. The molecule has 1 aromatic carbocycles. The first-order valence-electron chi connectivity index (χ1n) is 6.75. The fourth-order valence-corrected chi connectivity index (χ4v) is 3.00. The number of sulfone groups is 1. The number of ether oxygens (including phenoxy) is 1. The van der Waals surface area contributed by atoms with Crippen LogP contribution in [0.5, 0.6) is 0 Å². The van der Waals surface area contributed by atoms with Crippen LogP contribution < -0.4 is 10.2 Å². The summed E-state index contributed by atoms with van der Waals surface area (Å²) in [4.78, 5) is 2.37. The average Bonchev–Trinajstić information content (AvgIpc) is 2.47. The van der Waals surface area contributed by atoms with Crippen LogP contribution in [0.15, 0.2) is 29.2 Å². The molecule has 0 saturated carbocycles. The summed E-state index contributed by atoms with van der Waals surface area (Å²) < 4.78 is 29.1. The minimum Gasteiger partial charge on any atom is -0.383 e. The molecular formula is C14H24N2O3S. The van der Waals surface area contributed by atoms with Crippen LogP contribution in [0, 0.1) is 0 Å². The van der Waals surface area contributed by atoms with E-state index in [-0.39, 0.29) is 5.75 Å². The van der Waals surface area contributed by atoms with E-state index in [9.17, 15) is 8.42 Å². The molecule has 114 valence electrons. The molecule has 1 N–H and O–H groups in total. The molecule has 0 heterocycles. The van der Waals surface area contributed by atoms with Crippen molar-refractivity contribution in [3.05, 3.63) is 24.3 Å². The summed E-state index contributed by atoms with van der Waals surface area (Å²) in [5, 5.41) is 3.24. The summed E-state index contributed by atoms with van der Waals surface area (Å²) in [6, 6.07) is 7.14. The van der Waals surface area contributed by atoms with E-state index in [1.807, 2.05) is 24.1 Å². The Bertz CT molecular complexity index is 503. The molecule has 0 aromatic heterocycles. The van der Waals surface area contributed by atoms with Crippen LogP contribution in [0.2, 0.25) is 0 Å². The quantitative estimate of drug-likeness (QED) is 0.693. The number of anilines is 1. The second kappa shape index (κ2) is 8.24. The Morgan fingerprint density at radius 3 is 2.60 bits per heavy atom. The molecule has 0 aliphatic carbocycles. The Morgan fingerprint density at radius 2 is 1.95 bits per heavy atom. The first-order valence-corrected chi connectivity index (χ1v) is 8.40. The molecular weight excluding hydrogens is 276 g/mol. The third-order valence-corrected chi connectivity index (χ3v) is 4.87. The summed E-state index contributed by atoms with van der Waals surface area (Å²) in [7, 11) is 0.376. The van der Waals surface area contributed by atoms with E-state index in [2.05, 4.69) is 5.32 Å². The van der Waals surface area contributed by atoms with Crippen LogP contribution in [-0.2, 0) is 14.6 Å². The Kier molecular flexibility index (Phi) is 6.98. The van der Waals surface area contributed by atoms with Gasteiger partial charge >= 0.3 is 0 Å². The summed E-state index contributed by atoms with van der Waals surface area (Å²) in [6.07, 6.45) is 0. The Balaban J connectivity index is 2.71. The zero-order chi connectivity index (χ0) is 15.0. The van der Waals surface area contributed by atoms with Crippen molar-refractivity contribution in [1.82, 2.24) is 5.32 Å². The van der Waals surface area contributed by atoms with E-state index in [4.69, 9.17) is 4.74 Å². The van der Waals surface area contributed by atoms with Crippen LogP contribution in [0.25, 0.3) is 0 Å². The number of hydrogen-bond donors (Lipinski definition) is 1. The Hall–Kier alpha value is -1.11. The highest BCUT2D eigenvalue weighted by molar-refractivity contribution is 7.91. The highest BCUT2D eigenvalue weighted by atomic mass is 32.2. The van der Waals surface area contributed by atoms with Gasteiger partial charge in [0.25, 0.3) is 0 Å². The summed E-state index contributed by atoms with van der Waals surface area (Å²) in [6.45, 7) is 4.64. The molecule has 6 heteroatoms. The van der Waals surface area contributed by atoms with Crippen molar-refractivity contribution in [1.29, 1.82) is 0 Å². The predicted molar refractivity (Wildman–Crippen MR) is 82.2 cm³/mol. The molecule has 0 bridgehead atoms. The smallest absolute Gasteiger partial charge is 0.180 e. The topological polar surface area (TPSA) is 58.6 Å². The van der Waals surface area contributed by atoms with Crippen molar-refractivity contribution in [3.63, 3.8) is 0 Å². The Morgan fingerprint density at radius 1 is 1.25 bits per heavy atom. The van der Waals surface area contributed by atoms with Crippen molar-refractivity contribution < 1.29 is 13.2 Å². The highest BCUT2D eigenvalue weighted by Gasteiger charge is 2.17. The molecule has 0 atom stereocenters. The molecule has 0 amide bonds. The SMILES string of the molecule is CCS(=O)(=O)c1ccccc1N(C)CCNCCOC. The summed E-state index contributed by atoms with van der Waals surface area (Å²) >= 11 is 0. The summed E-state index contributed by atoms with van der Waals surface area (Å²) in [5.41, 5.74) is 0.753. The van der Waals surface area contributed by atoms with Gasteiger partial charge in [-0.25, -0.2) is 8.42 Å². The minimum atomic E-state index is -3.20. The number of rotatable bonds is 9. The second-order valence-corrected chi connectivity index (χ2v) is 6.78. The standard InChI is InChI=1S/C14H24N2O3S/c1-4-20(17,18)14-8-6-5-7-13(14)16(2)11-9-15-10-12-19-3/h5-8,15H,4,9-12H2,1-3H3. The monoisotopic (exact) mass is 300 g/mol. The van der Waals surface area contributed by atoms with E-state index in [0.717, 1.165) is 25.3 Å². The zero-order valence-electron chi connectivity index (χ0n) is 12.4. The van der Waals surface area contributed by atoms with Crippen LogP contribution in [0.1, 0.15) is 6.92 Å². The van der Waals surface area contributed by atoms with E-state index >= 15 is 0 Å². The second-order valence-electron chi connectivity index (χ2n) is 4.54. The van der Waals surface area contributed by atoms with Gasteiger partial charge in [-0.2, -0.15) is 0 Å². The van der Waals surface area contributed by atoms with Crippen LogP contribution >= 0.6 is 0 Å². The van der Waals surface area contributed by atoms with Crippen molar-refractivity contribution in [3.8, 4) is 0 Å². The average molecular weight is 300 g/mol. The van der Waals surface area contributed by atoms with E-state index in [1.54, 1.807) is 26.2 Å². The van der Waals surface area contributed by atoms with Crippen molar-refractivity contribution >= 4 is 15.5 Å². The van der Waals surface area contributed by atoms with Gasteiger partial charge in [0.2, 0.25) is 0 Å². The van der Waals surface area contributed by atoms with Gasteiger partial charge in [0, 0.05) is 33.8 Å². The Labute approximate surface area is 121 Å². The molecule has 1 rings (SSSR count). The maximum Gasteiger partial charge on any atom is 0.180 e. The highest BCUT2D eigenvalue weighted by Crippen LogP contribution is 2.24. The molecule has 5 nitrogen and oxygen atoms in total. The molecule has 0 aliphatic heterocycles. The van der Waals surface area contributed by atoms with Crippen LogP contribution in [-0.4, -0.2) is 54.6 Å². The lowest BCUT2D eigenvalue weighted by molar-refractivity contribution is 0.200. The maximum absolute atomic E-state index is 12.1. The van der Waals surface area contributed by atoms with Crippen molar-refractivity contribution in [2.75, 3.05) is 51.1 Å². The molecule has 0 aliphatic rings. The third kappa shape index (κ3) is 4.77. The first-order chi connectivity index (χ1) is 9.53. The van der Waals surface area contributed by atoms with Crippen molar-refractivity contribution in [2.45, 2.75) is 11.8 Å². The minimum absolute atomic E-state index is 0.115. The van der Waals surface area contributed by atoms with E-state index in [0.29, 0.717) is 11.5 Å². The largest absolute Gasteiger partial charge is 0.383 e. The number of para-hydroxylation sites is 1. The molecule has 0 fully saturated rings. The molecule has 1 aromatic rings. The number of hydrogen-bond acceptors (Lipinski definition) is 5. The van der Waals surface area contributed by atoms with E-state index < -0.39 is 9.84 Å². The van der Waals surface area contributed by atoms with Gasteiger partial charge in [-0.15, -0.1) is 0 Å². The number of nitrogens with zero attached hydrogens (tertiary/aromatic N) is 1. The molecule has 0 radical (unpaired) electrons. The molecule has 0 unspecified atom stereocenters. The molecule has 0 spiro atoms. The fourth-order valence-electron chi connectivity index (χ4n) is 1.86.